The fourth-order valence-corrected chi connectivity index (χ4v) is 1.16. The lowest BCUT2D eigenvalue weighted by atomic mass is 10.3. The number of nitrogens with one attached hydrogen (secondary N) is 1. The van der Waals surface area contributed by atoms with Gasteiger partial charge in [0, 0.05) is 18.0 Å². The van der Waals surface area contributed by atoms with Crippen LogP contribution in [0.1, 0.15) is 13.3 Å². The number of benzene rings is 1. The molecule has 1 aromatic rings. The standard InChI is InChI=1S/C12H18N2O3/c1-2-7-16-8-9-17-12(15)14-11-5-3-10(13)4-6-11/h3-6H,2,7-9,13H2,1H3,(H,14,15). The number of amides is 1. The Kier molecular flexibility index (Phi) is 5.88. The molecule has 0 atom stereocenters. The maximum Gasteiger partial charge on any atom is 0.411 e. The van der Waals surface area contributed by atoms with E-state index in [2.05, 4.69) is 5.32 Å². The number of carbonyl (C=O) groups excluding carboxylic acids is 1. The van der Waals surface area contributed by atoms with Crippen molar-refractivity contribution in [3.05, 3.63) is 24.3 Å². The van der Waals surface area contributed by atoms with Gasteiger partial charge in [0.25, 0.3) is 0 Å². The van der Waals surface area contributed by atoms with Crippen LogP contribution >= 0.6 is 0 Å². The molecule has 0 saturated heterocycles. The lowest BCUT2D eigenvalue weighted by molar-refractivity contribution is 0.0786. The summed E-state index contributed by atoms with van der Waals surface area (Å²) in [5.41, 5.74) is 6.83. The van der Waals surface area contributed by atoms with E-state index in [0.29, 0.717) is 24.6 Å². The third-order valence-electron chi connectivity index (χ3n) is 1.97. The van der Waals surface area contributed by atoms with E-state index in [1.807, 2.05) is 6.92 Å². The minimum absolute atomic E-state index is 0.251. The first kappa shape index (κ1) is 13.3. The Morgan fingerprint density at radius 2 is 1.94 bits per heavy atom. The Balaban J connectivity index is 2.18. The normalized spacial score (nSPS) is 9.94. The molecule has 0 bridgehead atoms. The predicted molar refractivity (Wildman–Crippen MR) is 66.9 cm³/mol. The first-order valence-corrected chi connectivity index (χ1v) is 5.59. The highest BCUT2D eigenvalue weighted by atomic mass is 16.6. The second-order valence-corrected chi connectivity index (χ2v) is 3.50. The Morgan fingerprint density at radius 3 is 2.59 bits per heavy atom. The Hall–Kier alpha value is -1.75. The molecule has 0 saturated carbocycles. The average molecular weight is 238 g/mol. The summed E-state index contributed by atoms with van der Waals surface area (Å²) in [6.45, 7) is 3.38. The predicted octanol–water partition coefficient (Wildman–Crippen LogP) is 2.24. The topological polar surface area (TPSA) is 73.6 Å². The van der Waals surface area contributed by atoms with Crippen LogP contribution < -0.4 is 11.1 Å². The van der Waals surface area contributed by atoms with Crippen molar-refractivity contribution in [3.63, 3.8) is 0 Å². The maximum absolute atomic E-state index is 11.3. The SMILES string of the molecule is CCCOCCOC(=O)Nc1ccc(N)cc1. The third-order valence-corrected chi connectivity index (χ3v) is 1.97. The van der Waals surface area contributed by atoms with Gasteiger partial charge in [0.1, 0.15) is 6.61 Å². The van der Waals surface area contributed by atoms with Gasteiger partial charge in [-0.3, -0.25) is 5.32 Å². The van der Waals surface area contributed by atoms with Crippen molar-refractivity contribution >= 4 is 17.5 Å². The van der Waals surface area contributed by atoms with Gasteiger partial charge in [-0.15, -0.1) is 0 Å². The molecule has 1 aromatic carbocycles. The van der Waals surface area contributed by atoms with E-state index in [-0.39, 0.29) is 6.61 Å². The number of anilines is 2. The van der Waals surface area contributed by atoms with Crippen molar-refractivity contribution in [2.24, 2.45) is 0 Å². The summed E-state index contributed by atoms with van der Waals surface area (Å²) in [5, 5.41) is 2.59. The Bertz CT molecular complexity index is 338. The zero-order chi connectivity index (χ0) is 12.5. The maximum atomic E-state index is 11.3. The lowest BCUT2D eigenvalue weighted by Gasteiger charge is -2.07. The molecule has 0 heterocycles. The molecule has 0 fully saturated rings. The van der Waals surface area contributed by atoms with Crippen LogP contribution in [0.2, 0.25) is 0 Å². The second-order valence-electron chi connectivity index (χ2n) is 3.50. The first-order chi connectivity index (χ1) is 8.22. The molecule has 0 aliphatic carbocycles. The van der Waals surface area contributed by atoms with Crippen LogP contribution in [-0.4, -0.2) is 25.9 Å². The van der Waals surface area contributed by atoms with E-state index in [1.165, 1.54) is 0 Å². The molecule has 5 nitrogen and oxygen atoms in total. The first-order valence-electron chi connectivity index (χ1n) is 5.59. The summed E-state index contributed by atoms with van der Waals surface area (Å²) in [5.74, 6) is 0. The van der Waals surface area contributed by atoms with Gasteiger partial charge < -0.3 is 15.2 Å². The molecule has 0 radical (unpaired) electrons. The van der Waals surface area contributed by atoms with Gasteiger partial charge in [-0.2, -0.15) is 0 Å². The molecule has 94 valence electrons. The van der Waals surface area contributed by atoms with E-state index < -0.39 is 6.09 Å². The minimum atomic E-state index is -0.491. The molecular formula is C12H18N2O3. The molecule has 0 aliphatic heterocycles. The monoisotopic (exact) mass is 238 g/mol. The summed E-state index contributed by atoms with van der Waals surface area (Å²) >= 11 is 0. The molecular weight excluding hydrogens is 220 g/mol. The molecule has 0 unspecified atom stereocenters. The quantitative estimate of drug-likeness (QED) is 0.589. The third kappa shape index (κ3) is 5.77. The van der Waals surface area contributed by atoms with Crippen molar-refractivity contribution in [1.29, 1.82) is 0 Å². The van der Waals surface area contributed by atoms with Crippen LogP contribution in [0.5, 0.6) is 0 Å². The summed E-state index contributed by atoms with van der Waals surface area (Å²) in [7, 11) is 0. The molecule has 1 amide bonds. The van der Waals surface area contributed by atoms with E-state index in [0.717, 1.165) is 6.42 Å². The molecule has 5 heteroatoms. The summed E-state index contributed by atoms with van der Waals surface area (Å²) in [4.78, 5) is 11.3. The van der Waals surface area contributed by atoms with Gasteiger partial charge >= 0.3 is 6.09 Å². The van der Waals surface area contributed by atoms with Gasteiger partial charge in [-0.1, -0.05) is 6.92 Å². The summed E-state index contributed by atoms with van der Waals surface area (Å²) < 4.78 is 10.1. The van der Waals surface area contributed by atoms with Gasteiger partial charge in [0.2, 0.25) is 0 Å². The number of hydrogen-bond donors (Lipinski definition) is 2. The highest BCUT2D eigenvalue weighted by Crippen LogP contribution is 2.10. The van der Waals surface area contributed by atoms with E-state index in [9.17, 15) is 4.79 Å². The molecule has 0 aromatic heterocycles. The summed E-state index contributed by atoms with van der Waals surface area (Å²) in [6, 6.07) is 6.84. The van der Waals surface area contributed by atoms with E-state index in [1.54, 1.807) is 24.3 Å². The molecule has 1 rings (SSSR count). The van der Waals surface area contributed by atoms with Gasteiger partial charge in [0.05, 0.1) is 6.61 Å². The zero-order valence-corrected chi connectivity index (χ0v) is 9.94. The highest BCUT2D eigenvalue weighted by Gasteiger charge is 2.02. The largest absolute Gasteiger partial charge is 0.447 e. The van der Waals surface area contributed by atoms with Crippen molar-refractivity contribution < 1.29 is 14.3 Å². The lowest BCUT2D eigenvalue weighted by Crippen LogP contribution is -2.16. The smallest absolute Gasteiger partial charge is 0.411 e. The van der Waals surface area contributed by atoms with Crippen molar-refractivity contribution in [2.45, 2.75) is 13.3 Å². The van der Waals surface area contributed by atoms with Crippen molar-refractivity contribution in [3.8, 4) is 0 Å². The highest BCUT2D eigenvalue weighted by molar-refractivity contribution is 5.84. The van der Waals surface area contributed by atoms with Gasteiger partial charge in [-0.25, -0.2) is 4.79 Å². The number of nitrogen functional groups attached to an aromatic ring is 1. The Labute approximate surface area is 101 Å². The van der Waals surface area contributed by atoms with Crippen molar-refractivity contribution in [2.75, 3.05) is 30.9 Å². The van der Waals surface area contributed by atoms with Gasteiger partial charge in [-0.05, 0) is 30.7 Å². The van der Waals surface area contributed by atoms with Crippen LogP contribution in [0, 0.1) is 0 Å². The average Bonchev–Trinajstić information content (AvgIpc) is 2.32. The number of carbonyl (C=O) groups is 1. The number of rotatable bonds is 6. The van der Waals surface area contributed by atoms with Crippen LogP contribution in [-0.2, 0) is 9.47 Å². The van der Waals surface area contributed by atoms with E-state index >= 15 is 0 Å². The van der Waals surface area contributed by atoms with Crippen LogP contribution in [0.4, 0.5) is 16.2 Å². The number of hydrogen-bond acceptors (Lipinski definition) is 4. The fourth-order valence-electron chi connectivity index (χ4n) is 1.16. The number of ether oxygens (including phenoxy) is 2. The van der Waals surface area contributed by atoms with Crippen LogP contribution in [0.15, 0.2) is 24.3 Å². The fraction of sp³-hybridized carbons (Fsp3) is 0.417. The molecule has 17 heavy (non-hydrogen) atoms. The summed E-state index contributed by atoms with van der Waals surface area (Å²) in [6.07, 6.45) is 0.465. The molecule has 0 aliphatic rings. The van der Waals surface area contributed by atoms with Crippen molar-refractivity contribution in [1.82, 2.24) is 0 Å². The minimum Gasteiger partial charge on any atom is -0.447 e. The second kappa shape index (κ2) is 7.51. The Morgan fingerprint density at radius 1 is 1.24 bits per heavy atom. The van der Waals surface area contributed by atoms with E-state index in [4.69, 9.17) is 15.2 Å². The number of nitrogens with two attached hydrogens (primary N) is 1. The zero-order valence-electron chi connectivity index (χ0n) is 9.94. The van der Waals surface area contributed by atoms with Crippen LogP contribution in [0.3, 0.4) is 0 Å². The molecule has 0 spiro atoms. The van der Waals surface area contributed by atoms with Crippen LogP contribution in [0.25, 0.3) is 0 Å². The molecule has 3 N–H and O–H groups in total. The van der Waals surface area contributed by atoms with Gasteiger partial charge in [0.15, 0.2) is 0 Å².